The monoisotopic (exact) mass is 393 g/mol. The molecule has 3 nitrogen and oxygen atoms in total. The fraction of sp³-hybridized carbons (Fsp3) is 0.591. The molecule has 3 rings (SSSR count). The van der Waals surface area contributed by atoms with E-state index in [0.29, 0.717) is 24.8 Å². The number of rotatable bonds is 5. The maximum absolute atomic E-state index is 13.5. The van der Waals surface area contributed by atoms with E-state index in [-0.39, 0.29) is 5.54 Å². The fourth-order valence-electron chi connectivity index (χ4n) is 4.20. The van der Waals surface area contributed by atoms with Gasteiger partial charge in [-0.15, -0.1) is 0 Å². The van der Waals surface area contributed by atoms with Gasteiger partial charge in [-0.3, -0.25) is 4.68 Å². The van der Waals surface area contributed by atoms with Gasteiger partial charge in [0.15, 0.2) is 5.69 Å². The van der Waals surface area contributed by atoms with Crippen LogP contribution in [-0.2, 0) is 37.4 Å². The predicted octanol–water partition coefficient (Wildman–Crippen LogP) is 5.04. The molecule has 0 bridgehead atoms. The molecule has 1 heterocycles. The topological polar surface area (TPSA) is 43.8 Å². The van der Waals surface area contributed by atoms with Crippen molar-refractivity contribution in [3.05, 3.63) is 52.3 Å². The van der Waals surface area contributed by atoms with Crippen molar-refractivity contribution in [2.75, 3.05) is 0 Å². The largest absolute Gasteiger partial charge is 0.435 e. The van der Waals surface area contributed by atoms with E-state index < -0.39 is 17.4 Å². The van der Waals surface area contributed by atoms with Gasteiger partial charge in [0, 0.05) is 16.8 Å². The number of hydrogen-bond donors (Lipinski definition) is 1. The summed E-state index contributed by atoms with van der Waals surface area (Å²) in [6, 6.07) is 8.20. The van der Waals surface area contributed by atoms with Gasteiger partial charge >= 0.3 is 6.18 Å². The molecule has 0 fully saturated rings. The van der Waals surface area contributed by atoms with Crippen LogP contribution in [0.3, 0.4) is 0 Å². The summed E-state index contributed by atoms with van der Waals surface area (Å²) in [5.41, 5.74) is 7.96. The first-order chi connectivity index (χ1) is 12.9. The van der Waals surface area contributed by atoms with Crippen LogP contribution in [0.5, 0.6) is 0 Å². The van der Waals surface area contributed by atoms with Crippen LogP contribution in [0.15, 0.2) is 24.3 Å². The summed E-state index contributed by atoms with van der Waals surface area (Å²) in [6.45, 7) is 7.91. The van der Waals surface area contributed by atoms with Crippen molar-refractivity contribution < 1.29 is 13.2 Å². The number of alkyl halides is 3. The first-order valence-electron chi connectivity index (χ1n) is 9.92. The van der Waals surface area contributed by atoms with Gasteiger partial charge in [0.05, 0.1) is 5.54 Å². The van der Waals surface area contributed by atoms with Crippen LogP contribution in [0.2, 0.25) is 0 Å². The fourth-order valence-corrected chi connectivity index (χ4v) is 4.20. The smallest absolute Gasteiger partial charge is 0.325 e. The number of hydrogen-bond acceptors (Lipinski definition) is 2. The number of fused-ring (bicyclic) bond motifs is 1. The summed E-state index contributed by atoms with van der Waals surface area (Å²) in [7, 11) is 0. The van der Waals surface area contributed by atoms with Gasteiger partial charge in [-0.1, -0.05) is 24.3 Å². The Morgan fingerprint density at radius 3 is 2.00 bits per heavy atom. The van der Waals surface area contributed by atoms with Crippen LogP contribution in [-0.4, -0.2) is 15.3 Å². The minimum absolute atomic E-state index is 0.275. The van der Waals surface area contributed by atoms with Gasteiger partial charge < -0.3 is 5.73 Å². The molecule has 0 saturated heterocycles. The summed E-state index contributed by atoms with van der Waals surface area (Å²) >= 11 is 0. The van der Waals surface area contributed by atoms with Crippen molar-refractivity contribution in [3.8, 4) is 0 Å². The summed E-state index contributed by atoms with van der Waals surface area (Å²) in [6.07, 6.45) is -0.185. The lowest BCUT2D eigenvalue weighted by Gasteiger charge is -2.29. The van der Waals surface area contributed by atoms with Gasteiger partial charge in [0.2, 0.25) is 0 Å². The summed E-state index contributed by atoms with van der Waals surface area (Å²) < 4.78 is 42.1. The van der Waals surface area contributed by atoms with E-state index in [9.17, 15) is 13.2 Å². The molecule has 0 saturated carbocycles. The van der Waals surface area contributed by atoms with Gasteiger partial charge in [-0.2, -0.15) is 18.3 Å². The molecule has 1 aliphatic carbocycles. The van der Waals surface area contributed by atoms with Crippen LogP contribution in [0.25, 0.3) is 0 Å². The molecule has 2 aromatic rings. The van der Waals surface area contributed by atoms with Crippen molar-refractivity contribution >= 4 is 0 Å². The lowest BCUT2D eigenvalue weighted by molar-refractivity contribution is -0.142. The SMILES string of the molecule is CC(C)(N)Cc1ccc(CC(C)(C)n2nc(C(F)(F)F)c3c2CCCC3)cc1. The predicted molar refractivity (Wildman–Crippen MR) is 105 cm³/mol. The molecular weight excluding hydrogens is 363 g/mol. The zero-order valence-corrected chi connectivity index (χ0v) is 17.2. The summed E-state index contributed by atoms with van der Waals surface area (Å²) in [5, 5.41) is 4.07. The molecule has 28 heavy (non-hydrogen) atoms. The molecule has 0 atom stereocenters. The lowest BCUT2D eigenvalue weighted by atomic mass is 9.90. The Hall–Kier alpha value is -1.82. The first-order valence-corrected chi connectivity index (χ1v) is 9.92. The van der Waals surface area contributed by atoms with Crippen LogP contribution < -0.4 is 5.73 Å². The third kappa shape index (κ3) is 4.59. The second-order valence-electron chi connectivity index (χ2n) is 9.36. The minimum Gasteiger partial charge on any atom is -0.325 e. The molecule has 0 spiro atoms. The molecule has 154 valence electrons. The maximum Gasteiger partial charge on any atom is 0.435 e. The van der Waals surface area contributed by atoms with Crippen molar-refractivity contribution in [1.29, 1.82) is 0 Å². The molecule has 0 radical (unpaired) electrons. The second kappa shape index (κ2) is 7.21. The van der Waals surface area contributed by atoms with E-state index in [4.69, 9.17) is 5.73 Å². The molecule has 0 amide bonds. The highest BCUT2D eigenvalue weighted by molar-refractivity contribution is 5.32. The minimum atomic E-state index is -4.40. The molecule has 0 unspecified atom stereocenters. The van der Waals surface area contributed by atoms with E-state index in [0.717, 1.165) is 36.1 Å². The van der Waals surface area contributed by atoms with Crippen molar-refractivity contribution in [1.82, 2.24) is 9.78 Å². The van der Waals surface area contributed by atoms with Crippen LogP contribution in [0, 0.1) is 0 Å². The van der Waals surface area contributed by atoms with E-state index in [2.05, 4.69) is 17.2 Å². The van der Waals surface area contributed by atoms with E-state index in [1.807, 2.05) is 39.8 Å². The Morgan fingerprint density at radius 1 is 0.929 bits per heavy atom. The molecule has 6 heteroatoms. The maximum atomic E-state index is 13.5. The Balaban J connectivity index is 1.88. The zero-order chi connectivity index (χ0) is 20.7. The number of halogens is 3. The van der Waals surface area contributed by atoms with Crippen LogP contribution in [0.4, 0.5) is 13.2 Å². The highest BCUT2D eigenvalue weighted by Gasteiger charge is 2.41. The highest BCUT2D eigenvalue weighted by atomic mass is 19.4. The zero-order valence-electron chi connectivity index (χ0n) is 17.2. The van der Waals surface area contributed by atoms with E-state index in [1.54, 1.807) is 4.68 Å². The van der Waals surface area contributed by atoms with Crippen LogP contribution >= 0.6 is 0 Å². The summed E-state index contributed by atoms with van der Waals surface area (Å²) in [5.74, 6) is 0. The molecule has 0 aliphatic heterocycles. The van der Waals surface area contributed by atoms with Gasteiger partial charge in [-0.25, -0.2) is 0 Å². The molecular formula is C22H30F3N3. The van der Waals surface area contributed by atoms with Crippen molar-refractivity contribution in [2.24, 2.45) is 5.73 Å². The molecule has 1 aromatic heterocycles. The number of nitrogens with zero attached hydrogens (tertiary/aromatic N) is 2. The average molecular weight is 393 g/mol. The van der Waals surface area contributed by atoms with Gasteiger partial charge in [0.25, 0.3) is 0 Å². The number of nitrogens with two attached hydrogens (primary N) is 1. The van der Waals surface area contributed by atoms with Crippen LogP contribution in [0.1, 0.15) is 68.6 Å². The third-order valence-corrected chi connectivity index (χ3v) is 5.34. The Labute approximate surface area is 165 Å². The third-order valence-electron chi connectivity index (χ3n) is 5.34. The normalized spacial score (nSPS) is 15.6. The molecule has 1 aromatic carbocycles. The van der Waals surface area contributed by atoms with E-state index >= 15 is 0 Å². The highest BCUT2D eigenvalue weighted by Crippen LogP contribution is 2.38. The summed E-state index contributed by atoms with van der Waals surface area (Å²) in [4.78, 5) is 0. The average Bonchev–Trinajstić information content (AvgIpc) is 2.96. The molecule has 1 aliphatic rings. The number of aromatic nitrogens is 2. The number of benzene rings is 1. The quantitative estimate of drug-likeness (QED) is 0.774. The van der Waals surface area contributed by atoms with Gasteiger partial charge in [-0.05, 0) is 77.3 Å². The Bertz CT molecular complexity index is 824. The van der Waals surface area contributed by atoms with Gasteiger partial charge in [0.1, 0.15) is 0 Å². The second-order valence-corrected chi connectivity index (χ2v) is 9.36. The molecule has 2 N–H and O–H groups in total. The lowest BCUT2D eigenvalue weighted by Crippen LogP contribution is -2.34. The van der Waals surface area contributed by atoms with E-state index in [1.165, 1.54) is 0 Å². The Morgan fingerprint density at radius 2 is 1.46 bits per heavy atom. The Kier molecular flexibility index (Phi) is 5.38. The first kappa shape index (κ1) is 20.9. The van der Waals surface area contributed by atoms with Crippen molar-refractivity contribution in [3.63, 3.8) is 0 Å². The van der Waals surface area contributed by atoms with Crippen molar-refractivity contribution in [2.45, 2.75) is 83.5 Å². The standard InChI is InChI=1S/C22H30F3N3/c1-20(2,26)13-15-9-11-16(12-10-15)14-21(3,4)28-18-8-6-5-7-17(18)19(27-28)22(23,24)25/h9-12H,5-8,13-14,26H2,1-4H3.